The van der Waals surface area contributed by atoms with Crippen LogP contribution in [0.25, 0.3) is 0 Å². The van der Waals surface area contributed by atoms with Crippen LogP contribution in [0.4, 0.5) is 0 Å². The van der Waals surface area contributed by atoms with Crippen molar-refractivity contribution in [2.45, 2.75) is 103 Å². The molecule has 7 aliphatic rings. The fourth-order valence-corrected chi connectivity index (χ4v) is 10.8. The van der Waals surface area contributed by atoms with Crippen molar-refractivity contribution in [1.82, 2.24) is 4.90 Å². The lowest BCUT2D eigenvalue weighted by Gasteiger charge is -2.76. The molecule has 0 radical (unpaired) electrons. The van der Waals surface area contributed by atoms with E-state index in [1.807, 2.05) is 13.8 Å². The normalized spacial score (nSPS) is 57.7. The second kappa shape index (κ2) is 6.70. The standard InChI is InChI=1S/C29H39NO6/c1-15-8-18-17(19(31)9-15)10-20(32)24-25(18,3)14-29-27(5,26(24,4)12-23(34)36-29)6-7-28-11-21(33)16(2)22(35-28)13-30(28)29/h9,16-18,21-22,24,33H,6-8,10-14H2,1-5H3/t16-,17+,18-,21-,22+,24+,25+,26+,27+,28+,29-/m1/s1. The number of Topliss-reactive ketones (excluding diaryl/α,β-unsaturated/α-hetero) is 1. The van der Waals surface area contributed by atoms with Crippen molar-refractivity contribution in [2.75, 3.05) is 6.54 Å². The Morgan fingerprint density at radius 1 is 1.11 bits per heavy atom. The third-order valence-electron chi connectivity index (χ3n) is 12.6. The number of nitrogens with zero attached hydrogens (tertiary/aromatic N) is 1. The maximum atomic E-state index is 14.0. The number of carbonyl (C=O) groups excluding carboxylic acids is 3. The smallest absolute Gasteiger partial charge is 0.308 e. The molecule has 0 aromatic heterocycles. The Bertz CT molecular complexity index is 1130. The van der Waals surface area contributed by atoms with E-state index >= 15 is 0 Å². The monoisotopic (exact) mass is 497 g/mol. The summed E-state index contributed by atoms with van der Waals surface area (Å²) in [6.45, 7) is 11.3. The van der Waals surface area contributed by atoms with Crippen LogP contribution in [0.5, 0.6) is 0 Å². The Balaban J connectivity index is 1.44. The number of rotatable bonds is 0. The average Bonchev–Trinajstić information content (AvgIpc) is 3.11. The number of piperidine rings is 1. The summed E-state index contributed by atoms with van der Waals surface area (Å²) in [4.78, 5) is 43.0. The molecule has 1 spiro atoms. The highest BCUT2D eigenvalue weighted by atomic mass is 16.6. The second-order valence-corrected chi connectivity index (χ2v) is 14.1. The van der Waals surface area contributed by atoms with E-state index in [2.05, 4.69) is 25.7 Å². The van der Waals surface area contributed by atoms with E-state index in [9.17, 15) is 19.5 Å². The highest BCUT2D eigenvalue weighted by Gasteiger charge is 2.82. The number of esters is 1. The summed E-state index contributed by atoms with van der Waals surface area (Å²) in [5.41, 5.74) is -2.03. The van der Waals surface area contributed by atoms with Gasteiger partial charge in [0.25, 0.3) is 0 Å². The van der Waals surface area contributed by atoms with Gasteiger partial charge in [0.15, 0.2) is 11.5 Å². The van der Waals surface area contributed by atoms with Gasteiger partial charge in [-0.15, -0.1) is 0 Å². The van der Waals surface area contributed by atoms with Crippen LogP contribution in [0.15, 0.2) is 11.6 Å². The lowest BCUT2D eigenvalue weighted by molar-refractivity contribution is -0.380. The molecule has 7 rings (SSSR count). The highest BCUT2D eigenvalue weighted by molar-refractivity contribution is 5.99. The Hall–Kier alpha value is -1.57. The Morgan fingerprint density at radius 2 is 1.86 bits per heavy atom. The van der Waals surface area contributed by atoms with Crippen LogP contribution in [0, 0.1) is 39.9 Å². The molecule has 6 fully saturated rings. The van der Waals surface area contributed by atoms with Gasteiger partial charge in [0.1, 0.15) is 11.5 Å². The van der Waals surface area contributed by atoms with Gasteiger partial charge in [0.2, 0.25) is 0 Å². The van der Waals surface area contributed by atoms with E-state index < -0.39 is 33.8 Å². The minimum absolute atomic E-state index is 0.00544. The summed E-state index contributed by atoms with van der Waals surface area (Å²) in [6, 6.07) is 0. The van der Waals surface area contributed by atoms with Crippen molar-refractivity contribution in [3.63, 3.8) is 0 Å². The van der Waals surface area contributed by atoms with Gasteiger partial charge >= 0.3 is 5.97 Å². The Morgan fingerprint density at radius 3 is 2.61 bits per heavy atom. The van der Waals surface area contributed by atoms with Crippen LogP contribution >= 0.6 is 0 Å². The molecule has 4 bridgehead atoms. The number of hydrogen-bond donors (Lipinski definition) is 1. The van der Waals surface area contributed by atoms with Crippen LogP contribution in [0.1, 0.15) is 79.6 Å². The molecule has 3 aliphatic carbocycles. The van der Waals surface area contributed by atoms with Crippen molar-refractivity contribution in [2.24, 2.45) is 39.9 Å². The average molecular weight is 498 g/mol. The lowest BCUT2D eigenvalue weighted by atomic mass is 9.34. The molecule has 0 amide bonds. The number of carbonyl (C=O) groups is 3. The van der Waals surface area contributed by atoms with Gasteiger partial charge in [0, 0.05) is 49.0 Å². The lowest BCUT2D eigenvalue weighted by Crippen LogP contribution is -2.82. The third kappa shape index (κ3) is 2.40. The largest absolute Gasteiger partial charge is 0.443 e. The van der Waals surface area contributed by atoms with Crippen molar-refractivity contribution >= 4 is 17.5 Å². The molecule has 4 aliphatic heterocycles. The van der Waals surface area contributed by atoms with Gasteiger partial charge in [-0.25, -0.2) is 4.90 Å². The zero-order valence-corrected chi connectivity index (χ0v) is 22.1. The molecular weight excluding hydrogens is 458 g/mol. The van der Waals surface area contributed by atoms with Gasteiger partial charge in [-0.2, -0.15) is 0 Å². The molecular formula is C29H39NO6. The molecule has 4 saturated heterocycles. The summed E-state index contributed by atoms with van der Waals surface area (Å²) in [5, 5.41) is 11.0. The Kier molecular flexibility index (Phi) is 4.38. The van der Waals surface area contributed by atoms with E-state index in [1.54, 1.807) is 6.08 Å². The van der Waals surface area contributed by atoms with Crippen LogP contribution in [-0.2, 0) is 23.9 Å². The number of fused-ring (bicyclic) bond motifs is 5. The number of ether oxygens (including phenoxy) is 2. The number of allylic oxidation sites excluding steroid dienone is 2. The molecule has 4 heterocycles. The molecule has 2 saturated carbocycles. The topological polar surface area (TPSA) is 93.1 Å². The van der Waals surface area contributed by atoms with Gasteiger partial charge in [-0.05, 0) is 49.0 Å². The molecule has 7 nitrogen and oxygen atoms in total. The third-order valence-corrected chi connectivity index (χ3v) is 12.6. The molecule has 196 valence electrons. The number of hydrogen-bond acceptors (Lipinski definition) is 7. The first-order valence-electron chi connectivity index (χ1n) is 13.9. The van der Waals surface area contributed by atoms with Crippen molar-refractivity contribution in [3.8, 4) is 0 Å². The first-order valence-corrected chi connectivity index (χ1v) is 13.9. The van der Waals surface area contributed by atoms with E-state index in [4.69, 9.17) is 9.47 Å². The summed E-state index contributed by atoms with van der Waals surface area (Å²) >= 11 is 0. The first-order chi connectivity index (χ1) is 16.8. The molecule has 11 atom stereocenters. The number of ketones is 2. The molecule has 0 unspecified atom stereocenters. The molecule has 0 aromatic carbocycles. The summed E-state index contributed by atoms with van der Waals surface area (Å²) in [6.07, 6.45) is 5.01. The molecule has 1 N–H and O–H groups in total. The van der Waals surface area contributed by atoms with E-state index in [0.29, 0.717) is 19.4 Å². The SMILES string of the molecule is CC1=CC(=O)[C@H]2CC(=O)[C@H]3[C@@](C)(C[C@@]45OC(=O)C[C@]3(C)[C@]4(C)CC[C@]34C[C@@H](O)[C@@H](C)[C@H](CN35)O4)[C@@H]2C1. The van der Waals surface area contributed by atoms with Crippen LogP contribution < -0.4 is 0 Å². The van der Waals surface area contributed by atoms with Crippen LogP contribution in [0.2, 0.25) is 0 Å². The van der Waals surface area contributed by atoms with Crippen LogP contribution in [0.3, 0.4) is 0 Å². The van der Waals surface area contributed by atoms with E-state index in [-0.39, 0.29) is 60.2 Å². The highest BCUT2D eigenvalue weighted by Crippen LogP contribution is 2.77. The van der Waals surface area contributed by atoms with Gasteiger partial charge in [-0.1, -0.05) is 33.3 Å². The van der Waals surface area contributed by atoms with Crippen molar-refractivity contribution < 1.29 is 29.0 Å². The van der Waals surface area contributed by atoms with E-state index in [0.717, 1.165) is 24.8 Å². The summed E-state index contributed by atoms with van der Waals surface area (Å²) in [7, 11) is 0. The number of aliphatic hydroxyl groups is 1. The van der Waals surface area contributed by atoms with Gasteiger partial charge in [-0.3, -0.25) is 14.4 Å². The van der Waals surface area contributed by atoms with Crippen molar-refractivity contribution in [1.29, 1.82) is 0 Å². The minimum atomic E-state index is -0.931. The minimum Gasteiger partial charge on any atom is -0.443 e. The summed E-state index contributed by atoms with van der Waals surface area (Å²) < 4.78 is 13.3. The molecule has 36 heavy (non-hydrogen) atoms. The van der Waals surface area contributed by atoms with Gasteiger partial charge in [0.05, 0.1) is 18.6 Å². The van der Waals surface area contributed by atoms with Crippen LogP contribution in [-0.4, -0.2) is 57.7 Å². The number of aliphatic hydroxyl groups excluding tert-OH is 1. The second-order valence-electron chi connectivity index (χ2n) is 14.1. The fourth-order valence-electron chi connectivity index (χ4n) is 10.8. The predicted octanol–water partition coefficient (Wildman–Crippen LogP) is 3.38. The quantitative estimate of drug-likeness (QED) is 0.513. The Labute approximate surface area is 212 Å². The van der Waals surface area contributed by atoms with Gasteiger partial charge < -0.3 is 14.6 Å². The fraction of sp³-hybridized carbons (Fsp3) is 0.828. The predicted molar refractivity (Wildman–Crippen MR) is 129 cm³/mol. The summed E-state index contributed by atoms with van der Waals surface area (Å²) in [5.74, 6) is -0.560. The van der Waals surface area contributed by atoms with Crippen molar-refractivity contribution in [3.05, 3.63) is 11.6 Å². The zero-order chi connectivity index (χ0) is 25.6. The first kappa shape index (κ1) is 23.5. The maximum absolute atomic E-state index is 14.0. The zero-order valence-electron chi connectivity index (χ0n) is 22.1. The maximum Gasteiger partial charge on any atom is 0.308 e. The molecule has 7 heteroatoms. The van der Waals surface area contributed by atoms with E-state index in [1.165, 1.54) is 0 Å². The molecule has 0 aromatic rings.